The fourth-order valence-corrected chi connectivity index (χ4v) is 4.55. The Labute approximate surface area is 298 Å². The Morgan fingerprint density at radius 3 is 1.51 bits per heavy atom. The van der Waals surface area contributed by atoms with E-state index in [1.165, 1.54) is 6.92 Å². The molecule has 289 valence electrons. The largest absolute Gasteiger partial charge is 0.481 e. The highest BCUT2D eigenvalue weighted by molar-refractivity contribution is 5.97. The van der Waals surface area contributed by atoms with Gasteiger partial charge in [0, 0.05) is 13.1 Å². The molecule has 0 aromatic carbocycles. The second-order valence-electron chi connectivity index (χ2n) is 12.4. The summed E-state index contributed by atoms with van der Waals surface area (Å²) in [5.41, 5.74) is 16.3. The first-order valence-electron chi connectivity index (χ1n) is 16.9. The Bertz CT molecular complexity index is 1220. The highest BCUT2D eigenvalue weighted by Crippen LogP contribution is 2.12. The van der Waals surface area contributed by atoms with E-state index >= 15 is 0 Å². The predicted octanol–water partition coefficient (Wildman–Crippen LogP) is -3.04. The fourth-order valence-electron chi connectivity index (χ4n) is 4.55. The molecule has 20 heteroatoms. The lowest BCUT2D eigenvalue weighted by molar-refractivity contribution is -0.141. The zero-order valence-corrected chi connectivity index (χ0v) is 30.0. The van der Waals surface area contributed by atoms with Crippen LogP contribution in [0.3, 0.4) is 0 Å². The van der Waals surface area contributed by atoms with Gasteiger partial charge in [-0.05, 0) is 44.4 Å². The minimum atomic E-state index is -1.70. The highest BCUT2D eigenvalue weighted by Gasteiger charge is 2.35. The van der Waals surface area contributed by atoms with Crippen LogP contribution in [0.2, 0.25) is 0 Å². The molecule has 0 heterocycles. The van der Waals surface area contributed by atoms with Crippen molar-refractivity contribution in [1.82, 2.24) is 37.2 Å². The average molecular weight is 726 g/mol. The van der Waals surface area contributed by atoms with Crippen molar-refractivity contribution in [1.29, 1.82) is 10.8 Å². The Kier molecular flexibility index (Phi) is 21.8. The van der Waals surface area contributed by atoms with E-state index in [9.17, 15) is 38.7 Å². The number of aliphatic carboxylic acids is 1. The third-order valence-electron chi connectivity index (χ3n) is 8.09. The zero-order chi connectivity index (χ0) is 39.3. The minimum absolute atomic E-state index is 0.0142. The van der Waals surface area contributed by atoms with E-state index in [4.69, 9.17) is 28.0 Å². The van der Waals surface area contributed by atoms with Crippen LogP contribution in [-0.4, -0.2) is 108 Å². The molecular weight excluding hydrogens is 668 g/mol. The van der Waals surface area contributed by atoms with Gasteiger partial charge in [-0.3, -0.25) is 44.4 Å². The molecular formula is C31H57N12O8. The summed E-state index contributed by atoms with van der Waals surface area (Å²) >= 11 is 0. The van der Waals surface area contributed by atoms with E-state index in [0.717, 1.165) is 0 Å². The third kappa shape index (κ3) is 18.5. The van der Waals surface area contributed by atoms with Crippen molar-refractivity contribution in [3.63, 3.8) is 0 Å². The standard InChI is InChI=1S/C31H57N12O8/c1-6-16(3)22(15-44)42-26(48)19(10-8-12-37-30(33)34)40-28(50)21(14-23(45)46)41-29(51)24(17(4)7-2)43-27(49)20(39-25(47)18(5)32)11-9-13-38-31(35)36/h16-22,24H,6-14,32H2,1-5H3,(H,39,47)(H,40,50)(H,41,51)(H,42,48)(H,43,49)(H,45,46)(H4,33,34,37)(H4,35,36,38)/t16-,17-,18-,19-,20-,21-,22+,24-/m0/s1. The van der Waals surface area contributed by atoms with Crippen LogP contribution in [0.15, 0.2) is 0 Å². The summed E-state index contributed by atoms with van der Waals surface area (Å²) in [6, 6.07) is -7.34. The van der Waals surface area contributed by atoms with Crippen molar-refractivity contribution >= 4 is 53.7 Å². The van der Waals surface area contributed by atoms with Gasteiger partial charge in [-0.15, -0.1) is 0 Å². The maximum absolute atomic E-state index is 13.6. The van der Waals surface area contributed by atoms with E-state index in [2.05, 4.69) is 37.2 Å². The molecule has 0 aromatic heterocycles. The molecule has 51 heavy (non-hydrogen) atoms. The molecule has 0 aliphatic carbocycles. The van der Waals surface area contributed by atoms with Crippen molar-refractivity contribution in [2.75, 3.05) is 13.1 Å². The normalized spacial score (nSPS) is 15.5. The van der Waals surface area contributed by atoms with Gasteiger partial charge in [0.05, 0.1) is 18.5 Å². The molecule has 5 amide bonds. The van der Waals surface area contributed by atoms with Gasteiger partial charge in [0.1, 0.15) is 24.2 Å². The van der Waals surface area contributed by atoms with Crippen LogP contribution in [0.5, 0.6) is 0 Å². The number of hydrogen-bond donors (Lipinski definition) is 13. The number of carbonyl (C=O) groups excluding carboxylic acids is 6. The predicted molar refractivity (Wildman–Crippen MR) is 188 cm³/mol. The molecule has 0 aliphatic rings. The number of nitrogens with one attached hydrogen (secondary N) is 9. The van der Waals surface area contributed by atoms with Crippen LogP contribution in [0.4, 0.5) is 0 Å². The summed E-state index contributed by atoms with van der Waals surface area (Å²) in [5, 5.41) is 41.9. The topological polar surface area (TPSA) is 350 Å². The maximum atomic E-state index is 13.6. The molecule has 0 spiro atoms. The number of rotatable bonds is 25. The summed E-state index contributed by atoms with van der Waals surface area (Å²) in [6.07, 6.45) is 2.37. The quantitative estimate of drug-likeness (QED) is 0.0253. The molecule has 8 atom stereocenters. The van der Waals surface area contributed by atoms with Crippen LogP contribution < -0.4 is 54.4 Å². The first-order valence-corrected chi connectivity index (χ1v) is 16.9. The van der Waals surface area contributed by atoms with E-state index in [1.807, 2.05) is 6.92 Å². The summed E-state index contributed by atoms with van der Waals surface area (Å²) in [6.45, 7) is 8.73. The molecule has 0 saturated heterocycles. The van der Waals surface area contributed by atoms with Gasteiger partial charge in [0.15, 0.2) is 11.9 Å². The lowest BCUT2D eigenvalue weighted by Gasteiger charge is -2.29. The van der Waals surface area contributed by atoms with Gasteiger partial charge in [0.25, 0.3) is 0 Å². The van der Waals surface area contributed by atoms with E-state index < -0.39 is 84.1 Å². The lowest BCUT2D eigenvalue weighted by atomic mass is 9.96. The van der Waals surface area contributed by atoms with Crippen LogP contribution in [0.25, 0.3) is 0 Å². The SMILES string of the molecule is CC[C@H](C)[C@H](NC(=O)[C@H](CCCNC(=N)N)NC(=O)[C@H](C)N)C(=O)N[C@@H](CC(=O)O)C(=O)N[C@@H](CCCNC(=N)N)C(=O)N[C@H]([C]=O)[C@@H](C)CC. The molecule has 16 N–H and O–H groups in total. The van der Waals surface area contributed by atoms with Crippen molar-refractivity contribution < 1.29 is 38.7 Å². The van der Waals surface area contributed by atoms with Crippen molar-refractivity contribution in [3.8, 4) is 0 Å². The van der Waals surface area contributed by atoms with Crippen molar-refractivity contribution in [2.24, 2.45) is 29.0 Å². The van der Waals surface area contributed by atoms with E-state index in [-0.39, 0.29) is 50.2 Å². The number of carboxylic acid groups (broad SMARTS) is 1. The monoisotopic (exact) mass is 725 g/mol. The van der Waals surface area contributed by atoms with Gasteiger partial charge >= 0.3 is 5.97 Å². The van der Waals surface area contributed by atoms with E-state index in [1.54, 1.807) is 27.1 Å². The Hall–Kier alpha value is -5.01. The second-order valence-corrected chi connectivity index (χ2v) is 12.4. The molecule has 0 fully saturated rings. The molecule has 0 aliphatic heterocycles. The third-order valence-corrected chi connectivity index (χ3v) is 8.09. The van der Waals surface area contributed by atoms with Crippen molar-refractivity contribution in [3.05, 3.63) is 0 Å². The number of nitrogens with two attached hydrogens (primary N) is 3. The number of carboxylic acids is 1. The lowest BCUT2D eigenvalue weighted by Crippen LogP contribution is -2.60. The number of guanidine groups is 2. The number of carbonyl (C=O) groups is 6. The van der Waals surface area contributed by atoms with Crippen LogP contribution in [-0.2, 0) is 33.6 Å². The van der Waals surface area contributed by atoms with Crippen LogP contribution in [0.1, 0.15) is 79.6 Å². The average Bonchev–Trinajstić information content (AvgIpc) is 3.06. The van der Waals surface area contributed by atoms with Gasteiger partial charge in [0.2, 0.25) is 35.8 Å². The second kappa shape index (κ2) is 24.2. The Morgan fingerprint density at radius 2 is 1.10 bits per heavy atom. The van der Waals surface area contributed by atoms with E-state index in [0.29, 0.717) is 19.3 Å². The first kappa shape index (κ1) is 46.0. The van der Waals surface area contributed by atoms with Crippen molar-refractivity contribution in [2.45, 2.75) is 116 Å². The minimum Gasteiger partial charge on any atom is -0.481 e. The summed E-state index contributed by atoms with van der Waals surface area (Å²) < 4.78 is 0. The van der Waals surface area contributed by atoms with Gasteiger partial charge in [-0.2, -0.15) is 0 Å². The Balaban J connectivity index is 6.20. The molecule has 0 saturated carbocycles. The molecule has 0 aromatic rings. The number of amides is 5. The smallest absolute Gasteiger partial charge is 0.305 e. The van der Waals surface area contributed by atoms with Crippen LogP contribution >= 0.6 is 0 Å². The first-order chi connectivity index (χ1) is 23.9. The molecule has 0 bridgehead atoms. The molecule has 1 radical (unpaired) electrons. The van der Waals surface area contributed by atoms with Crippen LogP contribution in [0, 0.1) is 22.7 Å². The highest BCUT2D eigenvalue weighted by atomic mass is 16.4. The Morgan fingerprint density at radius 1 is 0.667 bits per heavy atom. The molecule has 0 rings (SSSR count). The van der Waals surface area contributed by atoms with Gasteiger partial charge in [-0.1, -0.05) is 40.5 Å². The summed E-state index contributed by atoms with van der Waals surface area (Å²) in [7, 11) is 0. The van der Waals surface area contributed by atoms with Gasteiger partial charge in [-0.25, -0.2) is 0 Å². The zero-order valence-electron chi connectivity index (χ0n) is 30.0. The van der Waals surface area contributed by atoms with Gasteiger partial charge < -0.3 is 59.5 Å². The fraction of sp³-hybridized carbons (Fsp3) is 0.710. The maximum Gasteiger partial charge on any atom is 0.305 e. The molecule has 0 unspecified atom stereocenters. The number of hydrogen-bond acceptors (Lipinski definition) is 10. The summed E-state index contributed by atoms with van der Waals surface area (Å²) in [4.78, 5) is 89.5. The molecule has 20 nitrogen and oxygen atoms in total. The summed E-state index contributed by atoms with van der Waals surface area (Å²) in [5.74, 6) is -6.89.